The van der Waals surface area contributed by atoms with Crippen molar-refractivity contribution in [2.24, 2.45) is 0 Å². The van der Waals surface area contributed by atoms with Crippen LogP contribution in [0.25, 0.3) is 5.69 Å². The first kappa shape index (κ1) is 17.7. The maximum atomic E-state index is 12.2. The summed E-state index contributed by atoms with van der Waals surface area (Å²) in [6, 6.07) is 7.46. The average molecular weight is 354 g/mol. The summed E-state index contributed by atoms with van der Waals surface area (Å²) < 4.78 is 4.69. The lowest BCUT2D eigenvalue weighted by Gasteiger charge is -2.08. The van der Waals surface area contributed by atoms with Gasteiger partial charge in [0.05, 0.1) is 12.0 Å². The minimum atomic E-state index is -0.296. The quantitative estimate of drug-likeness (QED) is 0.757. The summed E-state index contributed by atoms with van der Waals surface area (Å²) in [4.78, 5) is 28.6. The van der Waals surface area contributed by atoms with Gasteiger partial charge in [0.15, 0.2) is 0 Å². The smallest absolute Gasteiger partial charge is 0.324 e. The Balaban J connectivity index is 1.70. The number of amides is 1. The highest BCUT2D eigenvalue weighted by Gasteiger charge is 2.12. The predicted molar refractivity (Wildman–Crippen MR) is 98.6 cm³/mol. The van der Waals surface area contributed by atoms with Gasteiger partial charge in [0, 0.05) is 23.6 Å². The number of hydrogen-bond donors (Lipinski definition) is 1. The number of aryl methyl sites for hydroxylation is 2. The molecule has 0 atom stereocenters. The average Bonchev–Trinajstić information content (AvgIpc) is 3.08. The minimum absolute atomic E-state index is 0.117. The molecule has 8 nitrogen and oxygen atoms in total. The molecule has 3 aromatic rings. The van der Waals surface area contributed by atoms with E-state index in [1.54, 1.807) is 13.3 Å². The van der Waals surface area contributed by atoms with Crippen LogP contribution in [0.15, 0.2) is 35.4 Å². The van der Waals surface area contributed by atoms with E-state index in [1.165, 1.54) is 9.25 Å². The number of anilines is 1. The summed E-state index contributed by atoms with van der Waals surface area (Å²) in [7, 11) is 0. The van der Waals surface area contributed by atoms with Crippen molar-refractivity contribution in [2.45, 2.75) is 40.8 Å². The second kappa shape index (κ2) is 6.99. The third-order valence-corrected chi connectivity index (χ3v) is 4.40. The second-order valence-corrected chi connectivity index (χ2v) is 6.11. The molecular weight excluding hydrogens is 332 g/mol. The topological polar surface area (TPSA) is 86.7 Å². The van der Waals surface area contributed by atoms with Gasteiger partial charge in [-0.1, -0.05) is 0 Å². The molecule has 1 amide bonds. The first-order valence-corrected chi connectivity index (χ1v) is 8.45. The fraction of sp³-hybridized carbons (Fsp3) is 0.333. The molecule has 0 unspecified atom stereocenters. The Morgan fingerprint density at radius 3 is 2.38 bits per heavy atom. The van der Waals surface area contributed by atoms with Crippen molar-refractivity contribution in [3.05, 3.63) is 58.3 Å². The zero-order valence-electron chi connectivity index (χ0n) is 15.4. The van der Waals surface area contributed by atoms with Gasteiger partial charge in [0.25, 0.3) is 0 Å². The minimum Gasteiger partial charge on any atom is -0.324 e. The Morgan fingerprint density at radius 1 is 1.15 bits per heavy atom. The summed E-state index contributed by atoms with van der Waals surface area (Å²) >= 11 is 0. The van der Waals surface area contributed by atoms with E-state index in [1.807, 2.05) is 49.6 Å². The fourth-order valence-electron chi connectivity index (χ4n) is 2.82. The van der Waals surface area contributed by atoms with Gasteiger partial charge in [0.2, 0.25) is 5.91 Å². The maximum Gasteiger partial charge on any atom is 0.346 e. The molecule has 3 rings (SSSR count). The van der Waals surface area contributed by atoms with Gasteiger partial charge in [-0.3, -0.25) is 9.36 Å². The van der Waals surface area contributed by atoms with Crippen molar-refractivity contribution in [1.82, 2.24) is 23.9 Å². The van der Waals surface area contributed by atoms with E-state index in [0.717, 1.165) is 17.1 Å². The van der Waals surface area contributed by atoms with E-state index in [2.05, 4.69) is 15.4 Å². The van der Waals surface area contributed by atoms with Gasteiger partial charge < -0.3 is 9.88 Å². The molecular formula is C18H22N6O2. The number of aromatic nitrogens is 5. The van der Waals surface area contributed by atoms with E-state index >= 15 is 0 Å². The number of nitrogens with one attached hydrogen (secondary N) is 1. The highest BCUT2D eigenvalue weighted by Crippen LogP contribution is 2.16. The van der Waals surface area contributed by atoms with Crippen molar-refractivity contribution in [1.29, 1.82) is 0 Å². The largest absolute Gasteiger partial charge is 0.346 e. The Morgan fingerprint density at radius 2 is 1.85 bits per heavy atom. The lowest BCUT2D eigenvalue weighted by atomic mass is 10.2. The van der Waals surface area contributed by atoms with Crippen molar-refractivity contribution in [2.75, 3.05) is 5.32 Å². The molecule has 1 N–H and O–H groups in total. The van der Waals surface area contributed by atoms with E-state index < -0.39 is 0 Å². The molecule has 0 saturated heterocycles. The van der Waals surface area contributed by atoms with Crippen molar-refractivity contribution in [3.8, 4) is 5.69 Å². The molecule has 1 aromatic carbocycles. The van der Waals surface area contributed by atoms with Gasteiger partial charge in [-0.2, -0.15) is 5.10 Å². The van der Waals surface area contributed by atoms with Crippen LogP contribution in [0.4, 0.5) is 5.69 Å². The summed E-state index contributed by atoms with van der Waals surface area (Å²) in [6.07, 6.45) is 1.77. The van der Waals surface area contributed by atoms with E-state index in [0.29, 0.717) is 18.1 Å². The highest BCUT2D eigenvalue weighted by molar-refractivity contribution is 5.90. The van der Waals surface area contributed by atoms with Crippen LogP contribution in [0.2, 0.25) is 0 Å². The van der Waals surface area contributed by atoms with Crippen LogP contribution in [-0.2, 0) is 17.9 Å². The normalized spacial score (nSPS) is 10.9. The number of hydrogen-bond acceptors (Lipinski definition) is 4. The van der Waals surface area contributed by atoms with Gasteiger partial charge in [-0.25, -0.2) is 14.5 Å². The van der Waals surface area contributed by atoms with Crippen LogP contribution in [-0.4, -0.2) is 29.8 Å². The predicted octanol–water partition coefficient (Wildman–Crippen LogP) is 1.81. The lowest BCUT2D eigenvalue weighted by molar-refractivity contribution is -0.117. The van der Waals surface area contributed by atoms with Crippen molar-refractivity contribution in [3.63, 3.8) is 0 Å². The van der Waals surface area contributed by atoms with E-state index in [4.69, 9.17) is 0 Å². The molecule has 2 aromatic heterocycles. The summed E-state index contributed by atoms with van der Waals surface area (Å²) in [6.45, 7) is 8.00. The maximum absolute atomic E-state index is 12.2. The number of rotatable bonds is 5. The Labute approximate surface area is 151 Å². The number of benzene rings is 1. The van der Waals surface area contributed by atoms with Gasteiger partial charge in [0.1, 0.15) is 12.4 Å². The van der Waals surface area contributed by atoms with Crippen LogP contribution in [0.1, 0.15) is 24.1 Å². The molecule has 26 heavy (non-hydrogen) atoms. The number of carbonyl (C=O) groups excluding carboxylic acids is 1. The van der Waals surface area contributed by atoms with Crippen LogP contribution >= 0.6 is 0 Å². The number of nitrogens with zero attached hydrogens (tertiary/aromatic N) is 5. The van der Waals surface area contributed by atoms with Gasteiger partial charge >= 0.3 is 5.69 Å². The Bertz CT molecular complexity index is 994. The summed E-state index contributed by atoms with van der Waals surface area (Å²) in [5, 5.41) is 6.91. The third kappa shape index (κ3) is 3.30. The molecule has 0 aliphatic heterocycles. The van der Waals surface area contributed by atoms with Gasteiger partial charge in [-0.05, 0) is 52.0 Å². The fourth-order valence-corrected chi connectivity index (χ4v) is 2.82. The lowest BCUT2D eigenvalue weighted by Crippen LogP contribution is -2.30. The molecule has 0 aliphatic carbocycles. The number of imidazole rings is 1. The standard InChI is InChI=1S/C18H22N6O2/c1-5-22-14(4)21-24(18(22)26)10-17(25)20-15-6-8-16(9-7-15)23-11-19-12(2)13(23)3/h6-9,11H,5,10H2,1-4H3,(H,20,25). The van der Waals surface area contributed by atoms with Crippen molar-refractivity contribution < 1.29 is 4.79 Å². The third-order valence-electron chi connectivity index (χ3n) is 4.40. The molecule has 0 fully saturated rings. The Kier molecular flexibility index (Phi) is 4.75. The number of carbonyl (C=O) groups is 1. The van der Waals surface area contributed by atoms with Crippen LogP contribution in [0.3, 0.4) is 0 Å². The molecule has 0 spiro atoms. The van der Waals surface area contributed by atoms with Crippen LogP contribution in [0.5, 0.6) is 0 Å². The van der Waals surface area contributed by atoms with Crippen molar-refractivity contribution >= 4 is 11.6 Å². The Hall–Kier alpha value is -3.16. The molecule has 0 bridgehead atoms. The highest BCUT2D eigenvalue weighted by atomic mass is 16.2. The van der Waals surface area contributed by atoms with Crippen LogP contribution in [0, 0.1) is 20.8 Å². The molecule has 0 aliphatic rings. The first-order chi connectivity index (χ1) is 12.4. The molecule has 136 valence electrons. The van der Waals surface area contributed by atoms with Crippen LogP contribution < -0.4 is 11.0 Å². The molecule has 8 heteroatoms. The molecule has 0 saturated carbocycles. The zero-order valence-corrected chi connectivity index (χ0v) is 15.4. The SMILES string of the molecule is CCn1c(C)nn(CC(=O)Nc2ccc(-n3cnc(C)c3C)cc2)c1=O. The molecule has 2 heterocycles. The van der Waals surface area contributed by atoms with E-state index in [9.17, 15) is 9.59 Å². The van der Waals surface area contributed by atoms with Gasteiger partial charge in [-0.15, -0.1) is 0 Å². The molecule has 0 radical (unpaired) electrons. The summed E-state index contributed by atoms with van der Waals surface area (Å²) in [5.41, 5.74) is 3.40. The summed E-state index contributed by atoms with van der Waals surface area (Å²) in [5.74, 6) is 0.302. The van der Waals surface area contributed by atoms with E-state index in [-0.39, 0.29) is 18.1 Å². The second-order valence-electron chi connectivity index (χ2n) is 6.11. The zero-order chi connectivity index (χ0) is 18.8. The first-order valence-electron chi connectivity index (χ1n) is 8.45. The monoisotopic (exact) mass is 354 g/mol.